The molecule has 1 aromatic rings. The van der Waals surface area contributed by atoms with Crippen LogP contribution < -0.4 is 10.1 Å². The van der Waals surface area contributed by atoms with Crippen LogP contribution in [-0.2, 0) is 4.79 Å². The Kier molecular flexibility index (Phi) is 9.25. The van der Waals surface area contributed by atoms with Crippen molar-refractivity contribution in [2.75, 3.05) is 13.1 Å². The number of hydrogen-bond donors (Lipinski definition) is 1. The average Bonchev–Trinajstić information content (AvgIpc) is 2.43. The van der Waals surface area contributed by atoms with E-state index in [-0.39, 0.29) is 18.3 Å². The van der Waals surface area contributed by atoms with Gasteiger partial charge in [-0.25, -0.2) is 0 Å². The second-order valence-electron chi connectivity index (χ2n) is 6.61. The maximum absolute atomic E-state index is 12.3. The predicted octanol–water partition coefficient (Wildman–Crippen LogP) is 3.50. The zero-order chi connectivity index (χ0) is 16.8. The van der Waals surface area contributed by atoms with Gasteiger partial charge < -0.3 is 10.1 Å². The third kappa shape index (κ3) is 7.23. The van der Waals surface area contributed by atoms with Gasteiger partial charge in [0.25, 0.3) is 5.91 Å². The van der Waals surface area contributed by atoms with Crippen LogP contribution in [0.4, 0.5) is 0 Å². The SMILES string of the molecule is CC(C)N(CCNC(=O)C(C)(C)Oc1ccccc1)C(C)C.Cl. The minimum absolute atomic E-state index is 0. The summed E-state index contributed by atoms with van der Waals surface area (Å²) in [7, 11) is 0. The number of rotatable bonds is 8. The normalized spacial score (nSPS) is 11.5. The van der Waals surface area contributed by atoms with Gasteiger partial charge in [-0.15, -0.1) is 12.4 Å². The first-order valence-corrected chi connectivity index (χ1v) is 8.02. The van der Waals surface area contributed by atoms with Crippen molar-refractivity contribution in [3.8, 4) is 5.75 Å². The summed E-state index contributed by atoms with van der Waals surface area (Å²) in [4.78, 5) is 14.7. The molecule has 0 aliphatic heterocycles. The van der Waals surface area contributed by atoms with Crippen LogP contribution in [0.15, 0.2) is 30.3 Å². The average molecular weight is 343 g/mol. The molecule has 0 aliphatic rings. The van der Waals surface area contributed by atoms with Gasteiger partial charge in [0.2, 0.25) is 0 Å². The van der Waals surface area contributed by atoms with E-state index < -0.39 is 5.60 Å². The molecule has 0 radical (unpaired) electrons. The first-order valence-electron chi connectivity index (χ1n) is 8.02. The molecule has 0 spiro atoms. The Morgan fingerprint density at radius 3 is 2.13 bits per heavy atom. The number of benzene rings is 1. The fourth-order valence-electron chi connectivity index (χ4n) is 2.45. The lowest BCUT2D eigenvalue weighted by Gasteiger charge is -2.31. The first-order chi connectivity index (χ1) is 10.2. The molecule has 0 unspecified atom stereocenters. The molecule has 0 heterocycles. The van der Waals surface area contributed by atoms with E-state index in [1.165, 1.54) is 0 Å². The minimum atomic E-state index is -0.887. The van der Waals surface area contributed by atoms with E-state index in [9.17, 15) is 4.79 Å². The number of nitrogens with zero attached hydrogens (tertiary/aromatic N) is 1. The van der Waals surface area contributed by atoms with E-state index in [2.05, 4.69) is 37.9 Å². The molecule has 132 valence electrons. The van der Waals surface area contributed by atoms with Gasteiger partial charge in [-0.2, -0.15) is 0 Å². The van der Waals surface area contributed by atoms with Crippen molar-refractivity contribution in [2.45, 2.75) is 59.2 Å². The number of hydrogen-bond acceptors (Lipinski definition) is 3. The lowest BCUT2D eigenvalue weighted by atomic mass is 10.1. The molecule has 0 aliphatic carbocycles. The highest BCUT2D eigenvalue weighted by atomic mass is 35.5. The van der Waals surface area contributed by atoms with E-state index in [4.69, 9.17) is 4.74 Å². The summed E-state index contributed by atoms with van der Waals surface area (Å²) in [5.41, 5.74) is -0.887. The van der Waals surface area contributed by atoms with E-state index >= 15 is 0 Å². The fourth-order valence-corrected chi connectivity index (χ4v) is 2.45. The largest absolute Gasteiger partial charge is 0.478 e. The lowest BCUT2D eigenvalue weighted by Crippen LogP contribution is -2.49. The number of amides is 1. The summed E-state index contributed by atoms with van der Waals surface area (Å²) in [6, 6.07) is 10.4. The third-order valence-corrected chi connectivity index (χ3v) is 3.65. The first kappa shape index (κ1) is 21.7. The summed E-state index contributed by atoms with van der Waals surface area (Å²) < 4.78 is 5.79. The second kappa shape index (κ2) is 9.78. The number of ether oxygens (including phenoxy) is 1. The van der Waals surface area contributed by atoms with Gasteiger partial charge in [-0.3, -0.25) is 9.69 Å². The Labute approximate surface area is 147 Å². The lowest BCUT2D eigenvalue weighted by molar-refractivity contribution is -0.134. The van der Waals surface area contributed by atoms with Gasteiger partial charge in [-0.1, -0.05) is 18.2 Å². The molecule has 23 heavy (non-hydrogen) atoms. The predicted molar refractivity (Wildman–Crippen MR) is 98.4 cm³/mol. The molecule has 1 amide bonds. The van der Waals surface area contributed by atoms with Gasteiger partial charge >= 0.3 is 0 Å². The smallest absolute Gasteiger partial charge is 0.263 e. The molecule has 4 nitrogen and oxygen atoms in total. The highest BCUT2D eigenvalue weighted by molar-refractivity contribution is 5.85. The molecule has 0 saturated heterocycles. The molecule has 0 atom stereocenters. The van der Waals surface area contributed by atoms with Crippen LogP contribution in [0.25, 0.3) is 0 Å². The number of carbonyl (C=O) groups excluding carboxylic acids is 1. The topological polar surface area (TPSA) is 41.6 Å². The van der Waals surface area contributed by atoms with Gasteiger partial charge in [0, 0.05) is 25.2 Å². The van der Waals surface area contributed by atoms with Crippen LogP contribution in [0, 0.1) is 0 Å². The maximum atomic E-state index is 12.3. The Balaban J connectivity index is 0.00000484. The van der Waals surface area contributed by atoms with E-state index in [0.717, 1.165) is 6.54 Å². The number of carbonyl (C=O) groups is 1. The van der Waals surface area contributed by atoms with E-state index in [0.29, 0.717) is 24.4 Å². The summed E-state index contributed by atoms with van der Waals surface area (Å²) in [5, 5.41) is 2.98. The fraction of sp³-hybridized carbons (Fsp3) is 0.611. The van der Waals surface area contributed by atoms with Gasteiger partial charge in [0.05, 0.1) is 0 Å². The van der Waals surface area contributed by atoms with E-state index in [1.807, 2.05) is 30.3 Å². The standard InChI is InChI=1S/C18H30N2O2.ClH/c1-14(2)20(15(3)4)13-12-19-17(21)18(5,6)22-16-10-8-7-9-11-16;/h7-11,14-15H,12-13H2,1-6H3,(H,19,21);1H. The van der Waals surface area contributed by atoms with Crippen LogP contribution in [0.2, 0.25) is 0 Å². The van der Waals surface area contributed by atoms with Crippen molar-refractivity contribution in [1.82, 2.24) is 10.2 Å². The minimum Gasteiger partial charge on any atom is -0.478 e. The molecule has 5 heteroatoms. The number of halogens is 1. The molecule has 0 aromatic heterocycles. The Hall–Kier alpha value is -1.26. The Bertz CT molecular complexity index is 453. The summed E-state index contributed by atoms with van der Waals surface area (Å²) in [6.45, 7) is 13.7. The van der Waals surface area contributed by atoms with Crippen LogP contribution >= 0.6 is 12.4 Å². The highest BCUT2D eigenvalue weighted by Gasteiger charge is 2.29. The van der Waals surface area contributed by atoms with Crippen molar-refractivity contribution in [1.29, 1.82) is 0 Å². The third-order valence-electron chi connectivity index (χ3n) is 3.65. The molecule has 0 fully saturated rings. The van der Waals surface area contributed by atoms with Crippen molar-refractivity contribution < 1.29 is 9.53 Å². The van der Waals surface area contributed by atoms with Crippen molar-refractivity contribution in [2.24, 2.45) is 0 Å². The van der Waals surface area contributed by atoms with E-state index in [1.54, 1.807) is 13.8 Å². The molecule has 1 aromatic carbocycles. The summed E-state index contributed by atoms with van der Waals surface area (Å²) in [5.74, 6) is 0.609. The van der Waals surface area contributed by atoms with Crippen LogP contribution in [0.5, 0.6) is 5.75 Å². The summed E-state index contributed by atoms with van der Waals surface area (Å²) in [6.07, 6.45) is 0. The van der Waals surface area contributed by atoms with Gasteiger partial charge in [0.1, 0.15) is 5.75 Å². The molecular weight excluding hydrogens is 312 g/mol. The summed E-state index contributed by atoms with van der Waals surface area (Å²) >= 11 is 0. The molecule has 1 rings (SSSR count). The van der Waals surface area contributed by atoms with Crippen molar-refractivity contribution in [3.63, 3.8) is 0 Å². The maximum Gasteiger partial charge on any atom is 0.263 e. The highest BCUT2D eigenvalue weighted by Crippen LogP contribution is 2.17. The monoisotopic (exact) mass is 342 g/mol. The zero-order valence-corrected chi connectivity index (χ0v) is 15.9. The van der Waals surface area contributed by atoms with Crippen molar-refractivity contribution >= 4 is 18.3 Å². The van der Waals surface area contributed by atoms with Gasteiger partial charge in [0.15, 0.2) is 5.60 Å². The number of nitrogens with one attached hydrogen (secondary N) is 1. The molecule has 0 bridgehead atoms. The van der Waals surface area contributed by atoms with Crippen molar-refractivity contribution in [3.05, 3.63) is 30.3 Å². The Morgan fingerprint density at radius 2 is 1.65 bits per heavy atom. The molecular formula is C18H31ClN2O2. The number of para-hydroxylation sites is 1. The van der Waals surface area contributed by atoms with Crippen LogP contribution in [0.1, 0.15) is 41.5 Å². The van der Waals surface area contributed by atoms with Crippen LogP contribution in [0.3, 0.4) is 0 Å². The van der Waals surface area contributed by atoms with Gasteiger partial charge in [-0.05, 0) is 53.7 Å². The molecule has 0 saturated carbocycles. The second-order valence-corrected chi connectivity index (χ2v) is 6.61. The molecule has 1 N–H and O–H groups in total. The Morgan fingerprint density at radius 1 is 1.13 bits per heavy atom. The zero-order valence-electron chi connectivity index (χ0n) is 15.1. The quantitative estimate of drug-likeness (QED) is 0.786. The van der Waals surface area contributed by atoms with Crippen LogP contribution in [-0.4, -0.2) is 41.6 Å².